The number of β-lactam (4-membered cyclic amide) rings is 1. The Hall–Kier alpha value is -1.09. The van der Waals surface area contributed by atoms with E-state index in [1.165, 1.54) is 16.7 Å². The number of likely N-dealkylation sites (N-methyl/N-ethyl adjacent to an activating group) is 2. The molecular formula is C17H27N3O4S. The Morgan fingerprint density at radius 2 is 2.08 bits per heavy atom. The summed E-state index contributed by atoms with van der Waals surface area (Å²) in [5.74, 6) is -1.26. The third-order valence-electron chi connectivity index (χ3n) is 5.83. The van der Waals surface area contributed by atoms with Crippen molar-refractivity contribution >= 4 is 23.6 Å². The van der Waals surface area contributed by atoms with E-state index in [0.717, 1.165) is 47.9 Å². The van der Waals surface area contributed by atoms with Crippen LogP contribution >= 0.6 is 11.8 Å². The molecule has 1 N–H and O–H groups in total. The maximum absolute atomic E-state index is 12.2. The summed E-state index contributed by atoms with van der Waals surface area (Å²) >= 11 is 1.53. The molecule has 0 aromatic heterocycles. The van der Waals surface area contributed by atoms with Crippen LogP contribution in [0.15, 0.2) is 10.6 Å². The number of aliphatic carboxylic acids is 1. The summed E-state index contributed by atoms with van der Waals surface area (Å²) in [6.45, 7) is 6.91. The van der Waals surface area contributed by atoms with Crippen molar-refractivity contribution < 1.29 is 24.3 Å². The van der Waals surface area contributed by atoms with Crippen LogP contribution in [0.1, 0.15) is 13.3 Å². The Labute approximate surface area is 152 Å². The molecule has 0 aliphatic carbocycles. The molecule has 2 fully saturated rings. The van der Waals surface area contributed by atoms with E-state index < -0.39 is 18.0 Å². The first-order chi connectivity index (χ1) is 11.7. The molecule has 3 atom stereocenters. The molecule has 3 rings (SSSR count). The highest BCUT2D eigenvalue weighted by molar-refractivity contribution is 8.03. The Kier molecular flexibility index (Phi) is 5.16. The van der Waals surface area contributed by atoms with E-state index in [9.17, 15) is 19.8 Å². The van der Waals surface area contributed by atoms with Crippen molar-refractivity contribution in [1.29, 1.82) is 0 Å². The van der Waals surface area contributed by atoms with Gasteiger partial charge in [0.15, 0.2) is 0 Å². The monoisotopic (exact) mass is 369 g/mol. The molecule has 0 bridgehead atoms. The number of amides is 1. The second kappa shape index (κ2) is 6.90. The van der Waals surface area contributed by atoms with Gasteiger partial charge in [0.2, 0.25) is 5.91 Å². The van der Waals surface area contributed by atoms with Crippen LogP contribution in [0.25, 0.3) is 0 Å². The maximum Gasteiger partial charge on any atom is 0.235 e. The van der Waals surface area contributed by atoms with Crippen LogP contribution in [-0.4, -0.2) is 96.0 Å². The van der Waals surface area contributed by atoms with Crippen LogP contribution in [0.5, 0.6) is 0 Å². The average molecular weight is 369 g/mol. The lowest BCUT2D eigenvalue weighted by molar-refractivity contribution is -0.911. The van der Waals surface area contributed by atoms with Crippen LogP contribution in [0.4, 0.5) is 0 Å². The lowest BCUT2D eigenvalue weighted by atomic mass is 9.83. The number of fused-ring (bicyclic) bond motifs is 1. The molecule has 0 radical (unpaired) electrons. The zero-order chi connectivity index (χ0) is 18.4. The molecule has 0 spiro atoms. The summed E-state index contributed by atoms with van der Waals surface area (Å²) in [5, 5.41) is 21.3. The number of thioether (sulfide) groups is 1. The highest BCUT2D eigenvalue weighted by atomic mass is 32.2. The van der Waals surface area contributed by atoms with E-state index in [2.05, 4.69) is 19.0 Å². The van der Waals surface area contributed by atoms with Gasteiger partial charge in [0.05, 0.1) is 56.4 Å². The Balaban J connectivity index is 1.62. The molecule has 140 valence electrons. The standard InChI is InChI=1S/C17H27N3O4S/c1-11(21)14-12-10-13(15(17(23)24)19(12)16(14)22)25-9-8-20(3)6-4-18(2)5-7-20/h11-12,14,21H,4-10H2,1-3H3/t11-,12-,14-/m1/s1. The molecule has 8 heteroatoms. The van der Waals surface area contributed by atoms with Gasteiger partial charge in [-0.05, 0) is 14.0 Å². The van der Waals surface area contributed by atoms with Crippen molar-refractivity contribution in [2.75, 3.05) is 52.6 Å². The van der Waals surface area contributed by atoms with E-state index in [1.807, 2.05) is 0 Å². The highest BCUT2D eigenvalue weighted by Gasteiger charge is 2.55. The van der Waals surface area contributed by atoms with Gasteiger partial charge in [0.1, 0.15) is 0 Å². The Bertz CT molecular complexity index is 599. The van der Waals surface area contributed by atoms with Crippen molar-refractivity contribution in [1.82, 2.24) is 9.80 Å². The lowest BCUT2D eigenvalue weighted by Gasteiger charge is -2.45. The van der Waals surface area contributed by atoms with E-state index in [4.69, 9.17) is 0 Å². The Morgan fingerprint density at radius 3 is 2.64 bits per heavy atom. The number of aliphatic hydroxyl groups excluding tert-OH is 1. The minimum Gasteiger partial charge on any atom is -0.543 e. The molecule has 0 saturated carbocycles. The van der Waals surface area contributed by atoms with Gasteiger partial charge in [-0.15, -0.1) is 11.8 Å². The highest BCUT2D eigenvalue weighted by Crippen LogP contribution is 2.46. The van der Waals surface area contributed by atoms with Gasteiger partial charge in [0.25, 0.3) is 0 Å². The third-order valence-corrected chi connectivity index (χ3v) is 6.93. The summed E-state index contributed by atoms with van der Waals surface area (Å²) in [5.41, 5.74) is 0.0259. The van der Waals surface area contributed by atoms with E-state index >= 15 is 0 Å². The smallest absolute Gasteiger partial charge is 0.235 e. The van der Waals surface area contributed by atoms with Crippen molar-refractivity contribution in [3.63, 3.8) is 0 Å². The van der Waals surface area contributed by atoms with Crippen molar-refractivity contribution in [3.05, 3.63) is 10.6 Å². The predicted molar refractivity (Wildman–Crippen MR) is 93.2 cm³/mol. The molecule has 1 amide bonds. The van der Waals surface area contributed by atoms with Crippen LogP contribution in [0.2, 0.25) is 0 Å². The molecule has 25 heavy (non-hydrogen) atoms. The van der Waals surface area contributed by atoms with E-state index in [-0.39, 0.29) is 17.6 Å². The fraction of sp³-hybridized carbons (Fsp3) is 0.765. The number of hydrogen-bond donors (Lipinski definition) is 1. The topological polar surface area (TPSA) is 83.9 Å². The minimum atomic E-state index is -1.29. The number of hydrogen-bond acceptors (Lipinski definition) is 6. The zero-order valence-corrected chi connectivity index (χ0v) is 15.9. The van der Waals surface area contributed by atoms with Crippen LogP contribution in [0, 0.1) is 5.92 Å². The molecule has 7 nitrogen and oxygen atoms in total. The first-order valence-electron chi connectivity index (χ1n) is 8.84. The number of aliphatic hydroxyl groups is 1. The SMILES string of the molecule is C[C@@H](O)[C@H]1C(=O)N2C(C(=O)[O-])=C(SCC[N+]3(C)CCN(C)CC3)C[C@H]12. The summed E-state index contributed by atoms with van der Waals surface area (Å²) < 4.78 is 0.994. The predicted octanol–water partition coefficient (Wildman–Crippen LogP) is -1.32. The number of carboxylic acids is 1. The van der Waals surface area contributed by atoms with Gasteiger partial charge in [-0.25, -0.2) is 0 Å². The number of carboxylic acid groups (broad SMARTS) is 1. The first-order valence-corrected chi connectivity index (χ1v) is 9.82. The van der Waals surface area contributed by atoms with Gasteiger partial charge in [0, 0.05) is 30.2 Å². The van der Waals surface area contributed by atoms with E-state index in [0.29, 0.717) is 6.42 Å². The van der Waals surface area contributed by atoms with Crippen LogP contribution in [0.3, 0.4) is 0 Å². The molecule has 2 saturated heterocycles. The number of carbonyl (C=O) groups excluding carboxylic acids is 2. The van der Waals surface area contributed by atoms with Gasteiger partial charge in [-0.3, -0.25) is 9.69 Å². The van der Waals surface area contributed by atoms with Gasteiger partial charge < -0.3 is 24.4 Å². The normalized spacial score (nSPS) is 30.2. The summed E-state index contributed by atoms with van der Waals surface area (Å²) in [6.07, 6.45) is -0.238. The maximum atomic E-state index is 12.2. The Morgan fingerprint density at radius 1 is 1.44 bits per heavy atom. The molecule has 0 aromatic rings. The fourth-order valence-corrected chi connectivity index (χ4v) is 5.40. The zero-order valence-electron chi connectivity index (χ0n) is 15.1. The summed E-state index contributed by atoms with van der Waals surface area (Å²) in [4.78, 5) is 28.1. The average Bonchev–Trinajstić information content (AvgIpc) is 2.85. The summed E-state index contributed by atoms with van der Waals surface area (Å²) in [7, 11) is 4.38. The molecule has 3 heterocycles. The van der Waals surface area contributed by atoms with Gasteiger partial charge >= 0.3 is 0 Å². The quantitative estimate of drug-likeness (QED) is 0.462. The second-order valence-electron chi connectivity index (χ2n) is 7.75. The molecule has 3 aliphatic heterocycles. The number of quaternary nitrogens is 1. The number of rotatable bonds is 6. The molecule has 0 aromatic carbocycles. The van der Waals surface area contributed by atoms with Gasteiger partial charge in [-0.2, -0.15) is 0 Å². The number of piperazine rings is 1. The fourth-order valence-electron chi connectivity index (χ4n) is 4.01. The van der Waals surface area contributed by atoms with Crippen molar-refractivity contribution in [2.45, 2.75) is 25.5 Å². The number of nitrogens with zero attached hydrogens (tertiary/aromatic N) is 3. The van der Waals surface area contributed by atoms with Gasteiger partial charge in [-0.1, -0.05) is 0 Å². The first kappa shape index (κ1) is 18.7. The molecule has 0 unspecified atom stereocenters. The molecular weight excluding hydrogens is 342 g/mol. The third kappa shape index (κ3) is 3.45. The lowest BCUT2D eigenvalue weighted by Crippen LogP contribution is -2.62. The second-order valence-corrected chi connectivity index (χ2v) is 8.94. The van der Waals surface area contributed by atoms with Crippen molar-refractivity contribution in [3.8, 4) is 0 Å². The van der Waals surface area contributed by atoms with E-state index in [1.54, 1.807) is 6.92 Å². The van der Waals surface area contributed by atoms with Crippen molar-refractivity contribution in [2.24, 2.45) is 5.92 Å². The number of carbonyl (C=O) groups is 2. The molecule has 3 aliphatic rings. The summed E-state index contributed by atoms with van der Waals surface area (Å²) in [6, 6.07) is -0.226. The van der Waals surface area contributed by atoms with Crippen LogP contribution < -0.4 is 5.11 Å². The minimum absolute atomic E-state index is 0.0259. The largest absolute Gasteiger partial charge is 0.543 e. The van der Waals surface area contributed by atoms with Crippen LogP contribution in [-0.2, 0) is 9.59 Å².